The van der Waals surface area contributed by atoms with Gasteiger partial charge in [-0.1, -0.05) is 13.8 Å². The number of hydrogen-bond acceptors (Lipinski definition) is 2. The minimum absolute atomic E-state index is 0.443. The maximum absolute atomic E-state index is 8.64. The van der Waals surface area contributed by atoms with E-state index in [-0.39, 0.29) is 0 Å². The van der Waals surface area contributed by atoms with Crippen molar-refractivity contribution in [3.8, 4) is 6.07 Å². The highest BCUT2D eigenvalue weighted by Gasteiger charge is 2.03. The van der Waals surface area contributed by atoms with Crippen LogP contribution >= 0.6 is 0 Å². The van der Waals surface area contributed by atoms with Crippen molar-refractivity contribution in [1.29, 1.82) is 5.26 Å². The Hall–Kier alpha value is -1.36. The Bertz CT molecular complexity index is 299. The van der Waals surface area contributed by atoms with Crippen LogP contribution < -0.4 is 0 Å². The van der Waals surface area contributed by atoms with Crippen LogP contribution in [-0.2, 0) is 0 Å². The third-order valence-corrected chi connectivity index (χ3v) is 2.03. The molecule has 0 saturated carbocycles. The van der Waals surface area contributed by atoms with Crippen molar-refractivity contribution >= 4 is 0 Å². The molecule has 62 valence electrons. The highest BCUT2D eigenvalue weighted by atomic mass is 14.7. The zero-order chi connectivity index (χ0) is 8.97. The summed E-state index contributed by atoms with van der Waals surface area (Å²) in [7, 11) is 0. The molecule has 1 rings (SSSR count). The number of aromatic nitrogens is 1. The van der Waals surface area contributed by atoms with Crippen LogP contribution in [0.4, 0.5) is 0 Å². The Kier molecular flexibility index (Phi) is 2.82. The van der Waals surface area contributed by atoms with Gasteiger partial charge in [-0.25, -0.2) is 0 Å². The molecule has 2 nitrogen and oxygen atoms in total. The monoisotopic (exact) mass is 160 g/mol. The van der Waals surface area contributed by atoms with Crippen molar-refractivity contribution in [2.45, 2.75) is 26.2 Å². The summed E-state index contributed by atoms with van der Waals surface area (Å²) >= 11 is 0. The Morgan fingerprint density at radius 1 is 1.67 bits per heavy atom. The third-order valence-electron chi connectivity index (χ3n) is 2.03. The third kappa shape index (κ3) is 1.82. The van der Waals surface area contributed by atoms with E-state index in [0.29, 0.717) is 11.5 Å². The largest absolute Gasteiger partial charge is 0.261 e. The van der Waals surface area contributed by atoms with Crippen molar-refractivity contribution in [2.75, 3.05) is 0 Å². The van der Waals surface area contributed by atoms with E-state index in [1.165, 1.54) is 0 Å². The van der Waals surface area contributed by atoms with E-state index in [0.717, 1.165) is 12.1 Å². The van der Waals surface area contributed by atoms with Crippen molar-refractivity contribution in [2.24, 2.45) is 0 Å². The molecule has 2 heteroatoms. The minimum atomic E-state index is 0.443. The summed E-state index contributed by atoms with van der Waals surface area (Å²) in [4.78, 5) is 4.21. The van der Waals surface area contributed by atoms with E-state index in [4.69, 9.17) is 5.26 Å². The maximum Gasteiger partial charge on any atom is 0.0992 e. The molecule has 0 bridgehead atoms. The summed E-state index contributed by atoms with van der Waals surface area (Å²) in [5, 5.41) is 8.64. The molecule has 1 aromatic rings. The molecule has 0 N–H and O–H groups in total. The van der Waals surface area contributed by atoms with E-state index in [1.54, 1.807) is 12.3 Å². The van der Waals surface area contributed by atoms with Crippen molar-refractivity contribution in [1.82, 2.24) is 4.98 Å². The van der Waals surface area contributed by atoms with Gasteiger partial charge in [0.1, 0.15) is 0 Å². The molecule has 0 spiro atoms. The van der Waals surface area contributed by atoms with Crippen LogP contribution in [0.25, 0.3) is 0 Å². The molecular weight excluding hydrogens is 148 g/mol. The Morgan fingerprint density at radius 3 is 3.00 bits per heavy atom. The second kappa shape index (κ2) is 3.87. The second-order valence-corrected chi connectivity index (χ2v) is 2.89. The topological polar surface area (TPSA) is 36.7 Å². The minimum Gasteiger partial charge on any atom is -0.261 e. The summed E-state index contributed by atoms with van der Waals surface area (Å²) in [6, 6.07) is 5.69. The van der Waals surface area contributed by atoms with E-state index in [9.17, 15) is 0 Å². The van der Waals surface area contributed by atoms with Crippen molar-refractivity contribution in [3.63, 3.8) is 0 Å². The fraction of sp³-hybridized carbons (Fsp3) is 0.400. The molecule has 12 heavy (non-hydrogen) atoms. The standard InChI is InChI=1S/C10H12N2/c1-3-8(2)10-6-9(7-11)4-5-12-10/h4-6,8H,3H2,1-2H3/t8-/m0/s1. The molecule has 0 saturated heterocycles. The van der Waals surface area contributed by atoms with Crippen molar-refractivity contribution < 1.29 is 0 Å². The quantitative estimate of drug-likeness (QED) is 0.666. The fourth-order valence-electron chi connectivity index (χ4n) is 0.997. The number of nitrogens with zero attached hydrogens (tertiary/aromatic N) is 2. The molecule has 0 aliphatic heterocycles. The molecule has 0 aliphatic rings. The SMILES string of the molecule is CC[C@H](C)c1cc(C#N)ccn1. The average Bonchev–Trinajstić information content (AvgIpc) is 2.17. The summed E-state index contributed by atoms with van der Waals surface area (Å²) in [5.41, 5.74) is 1.71. The van der Waals surface area contributed by atoms with Crippen molar-refractivity contribution in [3.05, 3.63) is 29.6 Å². The molecule has 0 amide bonds. The number of hydrogen-bond donors (Lipinski definition) is 0. The average molecular weight is 160 g/mol. The molecule has 1 heterocycles. The lowest BCUT2D eigenvalue weighted by Gasteiger charge is -2.06. The van der Waals surface area contributed by atoms with Gasteiger partial charge in [0.2, 0.25) is 0 Å². The van der Waals surface area contributed by atoms with Gasteiger partial charge in [0.15, 0.2) is 0 Å². The van der Waals surface area contributed by atoms with Crippen LogP contribution in [0.15, 0.2) is 18.3 Å². The van der Waals surface area contributed by atoms with Gasteiger partial charge >= 0.3 is 0 Å². The smallest absolute Gasteiger partial charge is 0.0992 e. The summed E-state index contributed by atoms with van der Waals surface area (Å²) < 4.78 is 0. The van der Waals surface area contributed by atoms with Crippen LogP contribution in [0.5, 0.6) is 0 Å². The van der Waals surface area contributed by atoms with E-state index < -0.39 is 0 Å². The van der Waals surface area contributed by atoms with Crippen LogP contribution in [-0.4, -0.2) is 4.98 Å². The van der Waals surface area contributed by atoms with Gasteiger partial charge in [-0.05, 0) is 24.5 Å². The predicted octanol–water partition coefficient (Wildman–Crippen LogP) is 2.47. The van der Waals surface area contributed by atoms with Gasteiger partial charge < -0.3 is 0 Å². The molecule has 0 fully saturated rings. The van der Waals surface area contributed by atoms with Gasteiger partial charge in [0.05, 0.1) is 11.6 Å². The summed E-state index contributed by atoms with van der Waals surface area (Å²) in [6.07, 6.45) is 2.75. The van der Waals surface area contributed by atoms with Gasteiger partial charge in [-0.15, -0.1) is 0 Å². The van der Waals surface area contributed by atoms with Crippen LogP contribution in [0.2, 0.25) is 0 Å². The van der Waals surface area contributed by atoms with Crippen LogP contribution in [0.1, 0.15) is 37.4 Å². The van der Waals surface area contributed by atoms with E-state index in [1.807, 2.05) is 6.07 Å². The molecule has 1 atom stereocenters. The zero-order valence-corrected chi connectivity index (χ0v) is 7.41. The molecule has 0 unspecified atom stereocenters. The first-order valence-electron chi connectivity index (χ1n) is 4.14. The maximum atomic E-state index is 8.64. The summed E-state index contributed by atoms with van der Waals surface area (Å²) in [6.45, 7) is 4.23. The lowest BCUT2D eigenvalue weighted by molar-refractivity contribution is 0.708. The predicted molar refractivity (Wildman–Crippen MR) is 47.7 cm³/mol. The number of rotatable bonds is 2. The second-order valence-electron chi connectivity index (χ2n) is 2.89. The Labute approximate surface area is 72.9 Å². The number of pyridine rings is 1. The lowest BCUT2D eigenvalue weighted by atomic mass is 10.0. The normalized spacial score (nSPS) is 12.1. The van der Waals surface area contributed by atoms with Gasteiger partial charge in [-0.3, -0.25) is 4.98 Å². The highest BCUT2D eigenvalue weighted by Crippen LogP contribution is 2.16. The van der Waals surface area contributed by atoms with E-state index in [2.05, 4.69) is 24.9 Å². The fourth-order valence-corrected chi connectivity index (χ4v) is 0.997. The van der Waals surface area contributed by atoms with Gasteiger partial charge in [0, 0.05) is 11.9 Å². The van der Waals surface area contributed by atoms with Gasteiger partial charge in [-0.2, -0.15) is 5.26 Å². The van der Waals surface area contributed by atoms with Crippen LogP contribution in [0.3, 0.4) is 0 Å². The van der Waals surface area contributed by atoms with Crippen LogP contribution in [0, 0.1) is 11.3 Å². The first-order chi connectivity index (χ1) is 5.77. The Morgan fingerprint density at radius 2 is 2.42 bits per heavy atom. The van der Waals surface area contributed by atoms with Gasteiger partial charge in [0.25, 0.3) is 0 Å². The Balaban J connectivity index is 2.95. The molecule has 0 aromatic carbocycles. The zero-order valence-electron chi connectivity index (χ0n) is 7.41. The number of nitriles is 1. The molecule has 0 aliphatic carbocycles. The summed E-state index contributed by atoms with van der Waals surface area (Å²) in [5.74, 6) is 0.443. The molecule has 0 radical (unpaired) electrons. The first-order valence-corrected chi connectivity index (χ1v) is 4.14. The lowest BCUT2D eigenvalue weighted by Crippen LogP contribution is -1.95. The molecular formula is C10H12N2. The first kappa shape index (κ1) is 8.73. The van der Waals surface area contributed by atoms with E-state index >= 15 is 0 Å². The molecule has 1 aromatic heterocycles. The highest BCUT2D eigenvalue weighted by molar-refractivity contribution is 5.29.